The van der Waals surface area contributed by atoms with Crippen molar-refractivity contribution in [3.05, 3.63) is 66.4 Å². The van der Waals surface area contributed by atoms with E-state index < -0.39 is 0 Å². The largest absolute Gasteiger partial charge is 0.368 e. The molecule has 3 aromatic rings. The summed E-state index contributed by atoms with van der Waals surface area (Å²) in [6, 6.07) is 14.4. The van der Waals surface area contributed by atoms with Gasteiger partial charge in [-0.05, 0) is 45.0 Å². The average molecular weight is 400 g/mol. The molecule has 1 aromatic carbocycles. The fourth-order valence-electron chi connectivity index (χ4n) is 3.77. The number of rotatable bonds is 4. The van der Waals surface area contributed by atoms with Gasteiger partial charge in [-0.25, -0.2) is 9.98 Å². The molecule has 0 amide bonds. The van der Waals surface area contributed by atoms with E-state index in [0.717, 1.165) is 39.9 Å². The molecule has 2 N–H and O–H groups in total. The SMILES string of the molecule is CC1=NNC2C(NC(C)C)=NC(c3nc4ccccc4n3Cc3ccccn3)=CN12. The summed E-state index contributed by atoms with van der Waals surface area (Å²) < 4.78 is 2.18. The molecule has 0 aliphatic carbocycles. The fraction of sp³-hybridized carbons (Fsp3) is 0.273. The van der Waals surface area contributed by atoms with Crippen LogP contribution in [0.3, 0.4) is 0 Å². The summed E-state index contributed by atoms with van der Waals surface area (Å²) >= 11 is 0. The van der Waals surface area contributed by atoms with Crippen LogP contribution < -0.4 is 10.7 Å². The maximum atomic E-state index is 4.95. The molecule has 2 aromatic heterocycles. The number of imidazole rings is 1. The first-order valence-electron chi connectivity index (χ1n) is 10.1. The second-order valence-electron chi connectivity index (χ2n) is 7.74. The lowest BCUT2D eigenvalue weighted by Gasteiger charge is -2.30. The van der Waals surface area contributed by atoms with Crippen molar-refractivity contribution in [2.24, 2.45) is 10.1 Å². The second kappa shape index (κ2) is 7.29. The molecule has 0 spiro atoms. The van der Waals surface area contributed by atoms with Crippen LogP contribution in [0.4, 0.5) is 0 Å². The van der Waals surface area contributed by atoms with Gasteiger partial charge in [0.15, 0.2) is 12.0 Å². The summed E-state index contributed by atoms with van der Waals surface area (Å²) in [6.07, 6.45) is 3.72. The Kier molecular flexibility index (Phi) is 4.46. The normalized spacial score (nSPS) is 18.1. The number of amidine groups is 2. The van der Waals surface area contributed by atoms with Crippen molar-refractivity contribution in [2.75, 3.05) is 0 Å². The highest BCUT2D eigenvalue weighted by atomic mass is 15.5. The third-order valence-electron chi connectivity index (χ3n) is 5.13. The molecule has 1 unspecified atom stereocenters. The second-order valence-corrected chi connectivity index (χ2v) is 7.74. The van der Waals surface area contributed by atoms with Crippen LogP contribution in [0.5, 0.6) is 0 Å². The van der Waals surface area contributed by atoms with Crippen molar-refractivity contribution in [3.63, 3.8) is 0 Å². The highest BCUT2D eigenvalue weighted by Crippen LogP contribution is 2.28. The third kappa shape index (κ3) is 3.20. The Hall–Kier alpha value is -3.68. The first kappa shape index (κ1) is 18.4. The highest BCUT2D eigenvalue weighted by Gasteiger charge is 2.33. The number of fused-ring (bicyclic) bond motifs is 2. The van der Waals surface area contributed by atoms with E-state index in [1.165, 1.54) is 0 Å². The smallest absolute Gasteiger partial charge is 0.178 e. The maximum Gasteiger partial charge on any atom is 0.178 e. The van der Waals surface area contributed by atoms with Gasteiger partial charge in [0.05, 0.1) is 23.3 Å². The summed E-state index contributed by atoms with van der Waals surface area (Å²) in [5.74, 6) is 2.53. The van der Waals surface area contributed by atoms with Gasteiger partial charge in [0.25, 0.3) is 0 Å². The van der Waals surface area contributed by atoms with E-state index in [4.69, 9.17) is 9.98 Å². The van der Waals surface area contributed by atoms with Crippen molar-refractivity contribution in [2.45, 2.75) is 39.5 Å². The summed E-state index contributed by atoms with van der Waals surface area (Å²) in [6.45, 7) is 6.80. The Labute approximate surface area is 175 Å². The molecule has 1 atom stereocenters. The number of nitrogens with one attached hydrogen (secondary N) is 2. The van der Waals surface area contributed by atoms with Crippen LogP contribution in [-0.4, -0.2) is 43.3 Å². The first-order chi connectivity index (χ1) is 14.6. The van der Waals surface area contributed by atoms with Gasteiger partial charge in [0, 0.05) is 18.4 Å². The molecule has 0 bridgehead atoms. The van der Waals surface area contributed by atoms with Crippen molar-refractivity contribution < 1.29 is 0 Å². The molecular formula is C22H24N8. The molecule has 8 nitrogen and oxygen atoms in total. The van der Waals surface area contributed by atoms with Crippen molar-refractivity contribution in [1.29, 1.82) is 0 Å². The van der Waals surface area contributed by atoms with Crippen LogP contribution in [0.1, 0.15) is 32.3 Å². The van der Waals surface area contributed by atoms with Crippen molar-refractivity contribution >= 4 is 28.4 Å². The minimum atomic E-state index is -0.121. The van der Waals surface area contributed by atoms with Gasteiger partial charge in [-0.2, -0.15) is 5.10 Å². The zero-order chi connectivity index (χ0) is 20.7. The lowest BCUT2D eigenvalue weighted by molar-refractivity contribution is 0.452. The standard InChI is InChI=1S/C22H24N8/c1-14(2)24-20-22-28-27-15(3)29(22)13-18(25-20)21-26-17-9-4-5-10-19(17)30(21)12-16-8-6-7-11-23-16/h4-11,13-14,22,28H,12H2,1-3H3,(H,24,25). The molecule has 0 saturated heterocycles. The molecule has 2 aliphatic heterocycles. The van der Waals surface area contributed by atoms with E-state index >= 15 is 0 Å². The van der Waals surface area contributed by atoms with E-state index in [-0.39, 0.29) is 12.2 Å². The highest BCUT2D eigenvalue weighted by molar-refractivity contribution is 6.00. The number of nitrogens with zero attached hydrogens (tertiary/aromatic N) is 6. The summed E-state index contributed by atoms with van der Waals surface area (Å²) in [5, 5.41) is 7.85. The number of aliphatic imine (C=N–C) groups is 1. The topological polar surface area (TPSA) is 82.7 Å². The van der Waals surface area contributed by atoms with Crippen LogP contribution in [0.15, 0.2) is 65.0 Å². The molecular weight excluding hydrogens is 376 g/mol. The van der Waals surface area contributed by atoms with Crippen LogP contribution in [-0.2, 0) is 6.54 Å². The van der Waals surface area contributed by atoms with Crippen LogP contribution in [0.25, 0.3) is 16.7 Å². The van der Waals surface area contributed by atoms with Gasteiger partial charge in [0.2, 0.25) is 0 Å². The molecule has 8 heteroatoms. The van der Waals surface area contributed by atoms with Gasteiger partial charge in [-0.3, -0.25) is 10.4 Å². The van der Waals surface area contributed by atoms with E-state index in [9.17, 15) is 0 Å². The number of pyridine rings is 1. The number of para-hydroxylation sites is 2. The lowest BCUT2D eigenvalue weighted by atomic mass is 10.2. The first-order valence-corrected chi connectivity index (χ1v) is 10.1. The van der Waals surface area contributed by atoms with Crippen LogP contribution >= 0.6 is 0 Å². The zero-order valence-corrected chi connectivity index (χ0v) is 17.2. The molecule has 152 valence electrons. The number of hydrogen-bond donors (Lipinski definition) is 2. The van der Waals surface area contributed by atoms with Crippen molar-refractivity contribution in [1.82, 2.24) is 30.2 Å². The summed E-state index contributed by atoms with van der Waals surface area (Å²) in [5.41, 5.74) is 6.91. The minimum Gasteiger partial charge on any atom is -0.368 e. The monoisotopic (exact) mass is 400 g/mol. The predicted octanol–water partition coefficient (Wildman–Crippen LogP) is 2.75. The number of hydrazone groups is 1. The molecule has 0 fully saturated rings. The van der Waals surface area contributed by atoms with Crippen LogP contribution in [0, 0.1) is 0 Å². The third-order valence-corrected chi connectivity index (χ3v) is 5.13. The Morgan fingerprint density at radius 3 is 2.77 bits per heavy atom. The van der Waals surface area contributed by atoms with E-state index in [2.05, 4.69) is 50.2 Å². The Morgan fingerprint density at radius 2 is 1.97 bits per heavy atom. The summed E-state index contributed by atoms with van der Waals surface area (Å²) in [4.78, 5) is 16.5. The average Bonchev–Trinajstić information content (AvgIpc) is 3.30. The Morgan fingerprint density at radius 1 is 1.13 bits per heavy atom. The molecule has 4 heterocycles. The van der Waals surface area contributed by atoms with Crippen LogP contribution in [0.2, 0.25) is 0 Å². The minimum absolute atomic E-state index is 0.121. The quantitative estimate of drug-likeness (QED) is 0.704. The molecule has 0 saturated carbocycles. The number of hydrogen-bond acceptors (Lipinski definition) is 7. The van der Waals surface area contributed by atoms with Gasteiger partial charge >= 0.3 is 0 Å². The fourth-order valence-corrected chi connectivity index (χ4v) is 3.77. The van der Waals surface area contributed by atoms with E-state index in [0.29, 0.717) is 6.54 Å². The number of aromatic nitrogens is 3. The van der Waals surface area contributed by atoms with Gasteiger partial charge in [-0.1, -0.05) is 18.2 Å². The van der Waals surface area contributed by atoms with Gasteiger partial charge in [-0.15, -0.1) is 0 Å². The van der Waals surface area contributed by atoms with Gasteiger partial charge in [0.1, 0.15) is 17.4 Å². The van der Waals surface area contributed by atoms with Crippen molar-refractivity contribution in [3.8, 4) is 0 Å². The molecule has 30 heavy (non-hydrogen) atoms. The maximum absolute atomic E-state index is 4.95. The predicted molar refractivity (Wildman–Crippen MR) is 119 cm³/mol. The van der Waals surface area contributed by atoms with E-state index in [1.807, 2.05) is 55.7 Å². The van der Waals surface area contributed by atoms with Gasteiger partial charge < -0.3 is 14.8 Å². The summed E-state index contributed by atoms with van der Waals surface area (Å²) in [7, 11) is 0. The molecule has 0 radical (unpaired) electrons. The lowest BCUT2D eigenvalue weighted by Crippen LogP contribution is -2.52. The molecule has 2 aliphatic rings. The molecule has 5 rings (SSSR count). The Balaban J connectivity index is 1.64. The zero-order valence-electron chi connectivity index (χ0n) is 17.2. The van der Waals surface area contributed by atoms with E-state index in [1.54, 1.807) is 0 Å². The number of benzene rings is 1. The Bertz CT molecular complexity index is 1170.